The summed E-state index contributed by atoms with van der Waals surface area (Å²) in [5, 5.41) is 20.6. The molecule has 3 nitrogen and oxygen atoms in total. The summed E-state index contributed by atoms with van der Waals surface area (Å²) in [5.41, 5.74) is 3.20. The SMILES string of the molecule is Cc1ccc(-c2nnc(SCCC#N)c3ccccc23)cc1. The number of nitrogens with zero attached hydrogens (tertiary/aromatic N) is 3. The van der Waals surface area contributed by atoms with Crippen LogP contribution < -0.4 is 0 Å². The Morgan fingerprint density at radius 3 is 2.45 bits per heavy atom. The first-order valence-electron chi connectivity index (χ1n) is 7.12. The molecule has 0 aliphatic carbocycles. The number of aryl methyl sites for hydroxylation is 1. The van der Waals surface area contributed by atoms with Crippen molar-refractivity contribution in [2.24, 2.45) is 0 Å². The van der Waals surface area contributed by atoms with Crippen molar-refractivity contribution in [3.05, 3.63) is 54.1 Å². The normalized spacial score (nSPS) is 10.5. The van der Waals surface area contributed by atoms with Gasteiger partial charge in [-0.05, 0) is 6.92 Å². The van der Waals surface area contributed by atoms with Crippen LogP contribution in [-0.2, 0) is 0 Å². The predicted molar refractivity (Wildman–Crippen MR) is 90.7 cm³/mol. The van der Waals surface area contributed by atoms with E-state index in [-0.39, 0.29) is 0 Å². The number of hydrogen-bond acceptors (Lipinski definition) is 4. The quantitative estimate of drug-likeness (QED) is 0.521. The summed E-state index contributed by atoms with van der Waals surface area (Å²) in [6.45, 7) is 2.07. The van der Waals surface area contributed by atoms with Gasteiger partial charge in [0.05, 0.1) is 6.07 Å². The fourth-order valence-corrected chi connectivity index (χ4v) is 3.12. The summed E-state index contributed by atoms with van der Waals surface area (Å²) in [6.07, 6.45) is 0.514. The van der Waals surface area contributed by atoms with Gasteiger partial charge in [0.15, 0.2) is 0 Å². The first-order chi connectivity index (χ1) is 10.8. The van der Waals surface area contributed by atoms with Gasteiger partial charge in [0.25, 0.3) is 0 Å². The molecule has 0 unspecified atom stereocenters. The molecule has 0 aliphatic heterocycles. The molecular formula is C18H15N3S. The van der Waals surface area contributed by atoms with Crippen molar-refractivity contribution in [1.82, 2.24) is 10.2 Å². The van der Waals surface area contributed by atoms with Crippen LogP contribution in [-0.4, -0.2) is 16.0 Å². The van der Waals surface area contributed by atoms with E-state index in [1.165, 1.54) is 5.56 Å². The topological polar surface area (TPSA) is 49.6 Å². The van der Waals surface area contributed by atoms with Crippen LogP contribution in [0.1, 0.15) is 12.0 Å². The zero-order valence-corrected chi connectivity index (χ0v) is 13.1. The zero-order valence-electron chi connectivity index (χ0n) is 12.3. The lowest BCUT2D eigenvalue weighted by molar-refractivity contribution is 0.960. The molecule has 3 aromatic rings. The van der Waals surface area contributed by atoms with Crippen molar-refractivity contribution in [3.63, 3.8) is 0 Å². The van der Waals surface area contributed by atoms with Crippen LogP contribution in [0, 0.1) is 18.3 Å². The van der Waals surface area contributed by atoms with Crippen molar-refractivity contribution in [2.45, 2.75) is 18.4 Å². The van der Waals surface area contributed by atoms with Gasteiger partial charge in [0.2, 0.25) is 0 Å². The molecule has 2 aromatic carbocycles. The van der Waals surface area contributed by atoms with Gasteiger partial charge < -0.3 is 0 Å². The number of thioether (sulfide) groups is 1. The Bertz CT molecular complexity index is 835. The lowest BCUT2D eigenvalue weighted by Crippen LogP contribution is -1.94. The average molecular weight is 305 g/mol. The van der Waals surface area contributed by atoms with Crippen molar-refractivity contribution in [3.8, 4) is 17.3 Å². The second-order valence-electron chi connectivity index (χ2n) is 5.02. The van der Waals surface area contributed by atoms with Crippen molar-refractivity contribution >= 4 is 22.5 Å². The van der Waals surface area contributed by atoms with Crippen LogP contribution in [0.2, 0.25) is 0 Å². The van der Waals surface area contributed by atoms with Crippen LogP contribution in [0.3, 0.4) is 0 Å². The highest BCUT2D eigenvalue weighted by molar-refractivity contribution is 7.99. The van der Waals surface area contributed by atoms with E-state index in [1.54, 1.807) is 11.8 Å². The molecule has 3 rings (SSSR count). The molecule has 0 saturated carbocycles. The van der Waals surface area contributed by atoms with E-state index in [2.05, 4.69) is 59.6 Å². The Balaban J connectivity index is 2.08. The zero-order chi connectivity index (χ0) is 15.4. The lowest BCUT2D eigenvalue weighted by Gasteiger charge is -2.09. The van der Waals surface area contributed by atoms with Crippen LogP contribution in [0.4, 0.5) is 0 Å². The Morgan fingerprint density at radius 1 is 1.00 bits per heavy atom. The third kappa shape index (κ3) is 2.95. The first-order valence-corrected chi connectivity index (χ1v) is 8.10. The number of rotatable bonds is 4. The molecule has 22 heavy (non-hydrogen) atoms. The largest absolute Gasteiger partial charge is 0.198 e. The highest BCUT2D eigenvalue weighted by Gasteiger charge is 2.10. The Labute approximate surface area is 134 Å². The Morgan fingerprint density at radius 2 is 1.73 bits per heavy atom. The summed E-state index contributed by atoms with van der Waals surface area (Å²) in [7, 11) is 0. The summed E-state index contributed by atoms with van der Waals surface area (Å²) < 4.78 is 0. The lowest BCUT2D eigenvalue weighted by atomic mass is 10.0. The van der Waals surface area contributed by atoms with Gasteiger partial charge in [-0.1, -0.05) is 54.1 Å². The van der Waals surface area contributed by atoms with Gasteiger partial charge >= 0.3 is 0 Å². The van der Waals surface area contributed by atoms with E-state index in [0.717, 1.165) is 32.8 Å². The molecule has 108 valence electrons. The Kier molecular flexibility index (Phi) is 4.36. The second kappa shape index (κ2) is 6.59. The monoisotopic (exact) mass is 305 g/mol. The third-order valence-electron chi connectivity index (χ3n) is 3.43. The molecular weight excluding hydrogens is 290 g/mol. The van der Waals surface area contributed by atoms with Crippen molar-refractivity contribution in [1.29, 1.82) is 5.26 Å². The molecule has 0 N–H and O–H groups in total. The number of aromatic nitrogens is 2. The highest BCUT2D eigenvalue weighted by Crippen LogP contribution is 2.31. The smallest absolute Gasteiger partial charge is 0.127 e. The van der Waals surface area contributed by atoms with E-state index in [1.807, 2.05) is 12.1 Å². The number of nitriles is 1. The van der Waals surface area contributed by atoms with Gasteiger partial charge in [-0.15, -0.1) is 22.0 Å². The van der Waals surface area contributed by atoms with Gasteiger partial charge in [0.1, 0.15) is 10.7 Å². The fourth-order valence-electron chi connectivity index (χ4n) is 2.30. The Hall–Kier alpha value is -2.38. The molecule has 4 heteroatoms. The van der Waals surface area contributed by atoms with E-state index in [0.29, 0.717) is 6.42 Å². The molecule has 0 atom stereocenters. The number of hydrogen-bond donors (Lipinski definition) is 0. The van der Waals surface area contributed by atoms with E-state index >= 15 is 0 Å². The molecule has 0 spiro atoms. The molecule has 0 saturated heterocycles. The molecule has 0 aliphatic rings. The van der Waals surface area contributed by atoms with Crippen LogP contribution in [0.25, 0.3) is 22.0 Å². The summed E-state index contributed by atoms with van der Waals surface area (Å²) in [5.74, 6) is 0.735. The summed E-state index contributed by atoms with van der Waals surface area (Å²) in [6, 6.07) is 18.7. The van der Waals surface area contributed by atoms with E-state index < -0.39 is 0 Å². The molecule has 0 bridgehead atoms. The van der Waals surface area contributed by atoms with Crippen LogP contribution in [0.5, 0.6) is 0 Å². The van der Waals surface area contributed by atoms with Gasteiger partial charge in [-0.3, -0.25) is 0 Å². The predicted octanol–water partition coefficient (Wildman–Crippen LogP) is 4.61. The average Bonchev–Trinajstić information content (AvgIpc) is 2.56. The van der Waals surface area contributed by atoms with Gasteiger partial charge in [-0.25, -0.2) is 0 Å². The third-order valence-corrected chi connectivity index (χ3v) is 4.41. The number of benzene rings is 2. The first kappa shape index (κ1) is 14.6. The fraction of sp³-hybridized carbons (Fsp3) is 0.167. The maximum atomic E-state index is 8.67. The molecule has 1 aromatic heterocycles. The van der Waals surface area contributed by atoms with Crippen molar-refractivity contribution < 1.29 is 0 Å². The second-order valence-corrected chi connectivity index (χ2v) is 6.11. The van der Waals surface area contributed by atoms with Crippen molar-refractivity contribution in [2.75, 3.05) is 5.75 Å². The van der Waals surface area contributed by atoms with Gasteiger partial charge in [-0.2, -0.15) is 5.26 Å². The molecule has 0 amide bonds. The maximum Gasteiger partial charge on any atom is 0.127 e. The minimum Gasteiger partial charge on any atom is -0.198 e. The van der Waals surface area contributed by atoms with Crippen LogP contribution >= 0.6 is 11.8 Å². The summed E-state index contributed by atoms with van der Waals surface area (Å²) in [4.78, 5) is 0. The van der Waals surface area contributed by atoms with E-state index in [4.69, 9.17) is 5.26 Å². The van der Waals surface area contributed by atoms with Crippen LogP contribution in [0.15, 0.2) is 53.6 Å². The minimum atomic E-state index is 0.514. The highest BCUT2D eigenvalue weighted by atomic mass is 32.2. The molecule has 1 heterocycles. The standard InChI is InChI=1S/C18H15N3S/c1-13-7-9-14(10-8-13)17-15-5-2-3-6-16(15)18(21-20-17)22-12-4-11-19/h2-3,5-10H,4,12H2,1H3. The minimum absolute atomic E-state index is 0.514. The molecule has 0 radical (unpaired) electrons. The van der Waals surface area contributed by atoms with E-state index in [9.17, 15) is 0 Å². The molecule has 0 fully saturated rings. The number of fused-ring (bicyclic) bond motifs is 1. The van der Waals surface area contributed by atoms with Gasteiger partial charge in [0, 0.05) is 28.5 Å². The maximum absolute atomic E-state index is 8.67. The summed E-state index contributed by atoms with van der Waals surface area (Å²) >= 11 is 1.58.